The number of aryl methyl sites for hydroxylation is 1. The smallest absolute Gasteiger partial charge is 0.407 e. The number of aromatic nitrogens is 19. The molecule has 2 amide bonds. The summed E-state index contributed by atoms with van der Waals surface area (Å²) < 4.78 is 50.2. The molecular weight excluding hydrogens is 1850 g/mol. The molecular formula is C90H103Br3F2N26O8. The van der Waals surface area contributed by atoms with Gasteiger partial charge < -0.3 is 58.6 Å². The number of aromatic carboxylic acids is 1. The molecule has 0 aliphatic carbocycles. The summed E-state index contributed by atoms with van der Waals surface area (Å²) in [5.41, 5.74) is 40.1. The van der Waals surface area contributed by atoms with Crippen molar-refractivity contribution in [3.05, 3.63) is 214 Å². The lowest BCUT2D eigenvalue weighted by molar-refractivity contribution is -0.154. The van der Waals surface area contributed by atoms with Gasteiger partial charge in [0.2, 0.25) is 0 Å². The molecule has 13 heterocycles. The van der Waals surface area contributed by atoms with Crippen LogP contribution in [0.15, 0.2) is 186 Å². The number of rotatable bonds is 16. The average Bonchev–Trinajstić information content (AvgIpc) is 1.63. The number of amides is 2. The molecule has 1 saturated heterocycles. The summed E-state index contributed by atoms with van der Waals surface area (Å²) in [7, 11) is 0. The third-order valence-electron chi connectivity index (χ3n) is 18.8. The number of hydrogen-bond acceptors (Lipinski definition) is 24. The maximum Gasteiger partial charge on any atom is 0.407 e. The van der Waals surface area contributed by atoms with E-state index in [0.29, 0.717) is 80.0 Å². The van der Waals surface area contributed by atoms with Crippen LogP contribution in [0.1, 0.15) is 128 Å². The molecule has 0 saturated carbocycles. The van der Waals surface area contributed by atoms with Crippen molar-refractivity contribution in [3.63, 3.8) is 0 Å². The van der Waals surface area contributed by atoms with Gasteiger partial charge in [-0.05, 0) is 165 Å². The molecule has 0 radical (unpaired) electrons. The molecule has 16 N–H and O–H groups in total. The molecule has 129 heavy (non-hydrogen) atoms. The van der Waals surface area contributed by atoms with E-state index in [0.717, 1.165) is 151 Å². The fourth-order valence-corrected chi connectivity index (χ4v) is 14.1. The topological polar surface area (TPSA) is 492 Å². The van der Waals surface area contributed by atoms with Gasteiger partial charge in [-0.2, -0.15) is 35.7 Å². The number of alkyl halides is 1. The number of anilines is 4. The quantitative estimate of drug-likeness (QED) is 0.0316. The number of nitrogens with two attached hydrogens (primary N) is 5. The number of H-pyrrole nitrogens is 3. The van der Waals surface area contributed by atoms with E-state index in [2.05, 4.69) is 141 Å². The number of pyridine rings is 5. The van der Waals surface area contributed by atoms with Crippen molar-refractivity contribution in [1.29, 1.82) is 0 Å². The second-order valence-corrected chi connectivity index (χ2v) is 33.2. The second-order valence-electron chi connectivity index (χ2n) is 30.6. The maximum atomic E-state index is 12.9. The number of ether oxygens (including phenoxy) is 3. The number of carboxylic acids is 1. The van der Waals surface area contributed by atoms with Crippen LogP contribution in [0.25, 0.3) is 110 Å². The van der Waals surface area contributed by atoms with Crippen LogP contribution in [0, 0.1) is 18.6 Å². The highest BCUT2D eigenvalue weighted by atomic mass is 79.9. The van der Waals surface area contributed by atoms with E-state index >= 15 is 0 Å². The Bertz CT molecular complexity index is 6630. The number of nitrogens with one attached hydrogen (secondary N) is 5. The summed E-state index contributed by atoms with van der Waals surface area (Å²) in [6.07, 6.45) is 18.4. The number of carbonyl (C=O) groups is 4. The average molecular weight is 1950 g/mol. The van der Waals surface area contributed by atoms with Crippen molar-refractivity contribution >= 4 is 182 Å². The van der Waals surface area contributed by atoms with Gasteiger partial charge in [-0.3, -0.25) is 38.9 Å². The summed E-state index contributed by atoms with van der Waals surface area (Å²) in [5.74, 6) is -0.818. The maximum absolute atomic E-state index is 12.9. The Morgan fingerprint density at radius 2 is 1.05 bits per heavy atom. The van der Waals surface area contributed by atoms with E-state index in [9.17, 15) is 28.0 Å². The Hall–Kier alpha value is -13.5. The van der Waals surface area contributed by atoms with Crippen molar-refractivity contribution in [1.82, 2.24) is 105 Å². The van der Waals surface area contributed by atoms with E-state index in [1.807, 2.05) is 181 Å². The van der Waals surface area contributed by atoms with Gasteiger partial charge in [0.25, 0.3) is 5.91 Å². The molecule has 1 aliphatic heterocycles. The molecule has 1 unspecified atom stereocenters. The highest BCUT2D eigenvalue weighted by Gasteiger charge is 2.22. The number of nitrogen functional groups attached to an aromatic ring is 4. The normalized spacial score (nSPS) is 12.3. The third-order valence-corrected chi connectivity index (χ3v) is 20.4. The predicted molar refractivity (Wildman–Crippen MR) is 511 cm³/mol. The van der Waals surface area contributed by atoms with Gasteiger partial charge in [-0.1, -0.05) is 105 Å². The zero-order valence-electron chi connectivity index (χ0n) is 71.7. The summed E-state index contributed by atoms with van der Waals surface area (Å²) in [5, 5.41) is 60.8. The fraction of sp³-hybridized carbons (Fsp3) is 0.289. The number of halogens is 5. The molecule has 17 aromatic rings. The Labute approximate surface area is 766 Å². The van der Waals surface area contributed by atoms with Gasteiger partial charge in [-0.25, -0.2) is 48.0 Å². The molecule has 39 heteroatoms. The molecule has 1 aliphatic rings. The zero-order valence-corrected chi connectivity index (χ0v) is 76.5. The Balaban J connectivity index is 0.000000161. The van der Waals surface area contributed by atoms with Crippen LogP contribution in [-0.4, -0.2) is 166 Å². The number of aromatic amines is 3. The van der Waals surface area contributed by atoms with E-state index in [1.165, 1.54) is 42.8 Å². The lowest BCUT2D eigenvalue weighted by Crippen LogP contribution is -2.34. The molecule has 18 rings (SSSR count). The molecule has 0 spiro atoms. The van der Waals surface area contributed by atoms with Crippen molar-refractivity contribution in [2.45, 2.75) is 139 Å². The van der Waals surface area contributed by atoms with Gasteiger partial charge in [0, 0.05) is 144 Å². The van der Waals surface area contributed by atoms with Crippen LogP contribution in [0.3, 0.4) is 0 Å². The molecule has 1 fully saturated rings. The number of fused-ring (bicyclic) bond motifs is 12. The van der Waals surface area contributed by atoms with Crippen LogP contribution in [0.4, 0.5) is 36.8 Å². The van der Waals surface area contributed by atoms with Gasteiger partial charge in [-0.15, -0.1) is 0 Å². The van der Waals surface area contributed by atoms with E-state index < -0.39 is 29.3 Å². The fourth-order valence-electron chi connectivity index (χ4n) is 13.1. The monoisotopic (exact) mass is 1950 g/mol. The van der Waals surface area contributed by atoms with Gasteiger partial charge in [0.05, 0.1) is 71.0 Å². The first kappa shape index (κ1) is 97.7. The van der Waals surface area contributed by atoms with Crippen molar-refractivity contribution in [2.24, 2.45) is 5.73 Å². The highest BCUT2D eigenvalue weighted by Crippen LogP contribution is 2.35. The minimum absolute atomic E-state index is 0. The number of nitrogens with zero attached hydrogens (tertiary/aromatic N) is 16. The van der Waals surface area contributed by atoms with Gasteiger partial charge >= 0.3 is 18.0 Å². The number of carboxylic acid groups (broad SMARTS) is 1. The molecule has 12 aromatic heterocycles. The van der Waals surface area contributed by atoms with Crippen LogP contribution >= 0.6 is 47.8 Å². The number of benzene rings is 5. The first-order valence-electron chi connectivity index (χ1n) is 40.8. The Morgan fingerprint density at radius 3 is 1.50 bits per heavy atom. The number of esters is 1. The largest absolute Gasteiger partial charge is 0.478 e. The second kappa shape index (κ2) is 45.3. The van der Waals surface area contributed by atoms with E-state index in [-0.39, 0.29) is 42.4 Å². The van der Waals surface area contributed by atoms with Gasteiger partial charge in [0.1, 0.15) is 62.6 Å². The summed E-state index contributed by atoms with van der Waals surface area (Å²) in [6, 6.07) is 36.8. The Morgan fingerprint density at radius 1 is 0.566 bits per heavy atom. The highest BCUT2D eigenvalue weighted by molar-refractivity contribution is 9.10. The third kappa shape index (κ3) is 26.6. The summed E-state index contributed by atoms with van der Waals surface area (Å²) in [4.78, 5) is 66.4. The lowest BCUT2D eigenvalue weighted by Gasteiger charge is -2.23. The van der Waals surface area contributed by atoms with E-state index in [1.54, 1.807) is 28.0 Å². The molecule has 1 atom stereocenters. The van der Waals surface area contributed by atoms with Crippen molar-refractivity contribution in [3.8, 4) is 22.5 Å². The molecule has 0 bridgehead atoms. The molecule has 5 aromatic carbocycles. The summed E-state index contributed by atoms with van der Waals surface area (Å²) in [6.45, 7) is 20.9. The van der Waals surface area contributed by atoms with Gasteiger partial charge in [0.15, 0.2) is 17.5 Å². The SMILES string of the molecule is C.CC.CC(C)(C)OC(=O)CCCBr.CC(C)(C)OC(=O)NCCn1cc2c(n1)c(N)nc1cc(Br)ccc12.Cc1ccnn1C1CCCCO1.NCCn1cc2c(n1)c(N)nc1cc(-c3ccn[nH]3)ccc12.Nc1nc2cc(-c3ccn[nH]3)ccc2c2cn(CCNC(=O)c3ccc(F)cn3)nc12.Nc1nc2cc(Br)ccc2c2cn[nH]c12.O=C(O)c1ccc(F)cc1. The van der Waals surface area contributed by atoms with Crippen molar-refractivity contribution in [2.75, 3.05) is 54.5 Å². The standard InChI is InChI=1S/C21H17FN8O.C17H20BrN5O2.C15H15N7.C10H7BrN4.C9H14N2O.C8H15BrO2.C7H5FO2.C2H6.CH4/c22-13-2-4-17(25-10-13)21(31)24-7-8-30-11-15-14-3-1-12(16-5-6-26-28-16)9-18(14)27-20(23)19(15)29-30;1-17(2,3)25-16(24)20-6-7-23-9-12-11-5-4-10(18)8-13(11)21-15(19)14(12)22-23;16-4-6-22-8-11-10-2-1-9(12-3-5-18-20-12)7-13(10)19-15(17)14(11)21-22;11-5-1-2-6-7-4-13-15-9(7)10(12)14-8(6)3-5;1-8-5-6-10-11(8)9-4-2-3-7-12-9;1-8(2,3)11-7(10)5-4-6-9;8-6-3-1-5(2-4-6)7(9)10;1-2;/h1-6,9-11H,7-8H2,(H2,23,27)(H,24,31)(H,26,28);4-5,8-9H,6-7H2,1-3H3,(H2,19,21)(H,20,24);1-3,5,7-8H,4,6,16H2,(H2,17,19)(H,18,20);1-4H,(H2,12,14)(H,13,15);5-6,9H,2-4,7H2,1H3;4-6H2,1-3H3;1-4H,(H,9,10);1-2H3;1H4. The minimum atomic E-state index is -1.04. The van der Waals surface area contributed by atoms with Crippen LogP contribution < -0.4 is 39.3 Å². The van der Waals surface area contributed by atoms with Crippen LogP contribution in [0.5, 0.6) is 0 Å². The zero-order chi connectivity index (χ0) is 91.9. The molecule has 676 valence electrons. The lowest BCUT2D eigenvalue weighted by atomic mass is 10.1. The number of carbonyl (C=O) groups excluding carboxylic acids is 3. The van der Waals surface area contributed by atoms with Crippen LogP contribution in [-0.2, 0) is 38.6 Å². The first-order chi connectivity index (χ1) is 61.3. The molecule has 34 nitrogen and oxygen atoms in total. The number of alkyl carbamates (subject to hydrolysis) is 1. The number of hydrogen-bond donors (Lipinski definition) is 11. The van der Waals surface area contributed by atoms with Crippen LogP contribution in [0.2, 0.25) is 0 Å². The predicted octanol–water partition coefficient (Wildman–Crippen LogP) is 17.5. The van der Waals surface area contributed by atoms with E-state index in [4.69, 9.17) is 48.0 Å². The first-order valence-corrected chi connectivity index (χ1v) is 43.5. The minimum Gasteiger partial charge on any atom is -0.478 e. The van der Waals surface area contributed by atoms with Crippen molar-refractivity contribution < 1.29 is 47.3 Å². The Kier molecular flexibility index (Phi) is 34.3. The summed E-state index contributed by atoms with van der Waals surface area (Å²) >= 11 is 10.1.